The number of anilines is 1. The molecular formula is C27H36N6O4. The number of aromatic nitrogens is 3. The molecule has 37 heavy (non-hydrogen) atoms. The van der Waals surface area contributed by atoms with Crippen molar-refractivity contribution in [1.82, 2.24) is 25.3 Å². The molecule has 0 spiro atoms. The van der Waals surface area contributed by atoms with Crippen molar-refractivity contribution in [2.45, 2.75) is 33.3 Å². The summed E-state index contributed by atoms with van der Waals surface area (Å²) in [5.41, 5.74) is 4.07. The maximum Gasteiger partial charge on any atom is 0.227 e. The van der Waals surface area contributed by atoms with Gasteiger partial charge in [-0.1, -0.05) is 17.3 Å². The van der Waals surface area contributed by atoms with Gasteiger partial charge in [0.25, 0.3) is 0 Å². The molecule has 1 amide bonds. The van der Waals surface area contributed by atoms with E-state index in [2.05, 4.69) is 15.4 Å². The first-order valence-corrected chi connectivity index (χ1v) is 12.5. The van der Waals surface area contributed by atoms with Gasteiger partial charge in [0.05, 0.1) is 22.9 Å². The van der Waals surface area contributed by atoms with Crippen molar-refractivity contribution in [1.29, 1.82) is 0 Å². The Morgan fingerprint density at radius 3 is 2.76 bits per heavy atom. The van der Waals surface area contributed by atoms with Crippen molar-refractivity contribution in [2.24, 2.45) is 5.92 Å². The molecule has 2 N–H and O–H groups in total. The molecule has 10 heteroatoms. The van der Waals surface area contributed by atoms with E-state index in [0.717, 1.165) is 46.9 Å². The number of hydrogen-bond acceptors (Lipinski definition) is 9. The Morgan fingerprint density at radius 1 is 1.30 bits per heavy atom. The number of benzene rings is 1. The second-order valence-corrected chi connectivity index (χ2v) is 9.76. The van der Waals surface area contributed by atoms with Crippen LogP contribution in [0.1, 0.15) is 23.4 Å². The number of ether oxygens (including phenoxy) is 1. The topological polar surface area (TPSA) is 117 Å². The summed E-state index contributed by atoms with van der Waals surface area (Å²) in [4.78, 5) is 26.4. The number of nitrogens with zero attached hydrogens (tertiary/aromatic N) is 5. The first-order chi connectivity index (χ1) is 17.7. The molecule has 0 aliphatic carbocycles. The number of likely N-dealkylation sites (N-methyl/N-ethyl adjacent to an activating group) is 1. The second kappa shape index (κ2) is 11.3. The van der Waals surface area contributed by atoms with E-state index in [1.54, 1.807) is 26.0 Å². The van der Waals surface area contributed by atoms with Gasteiger partial charge >= 0.3 is 0 Å². The van der Waals surface area contributed by atoms with E-state index in [0.29, 0.717) is 30.4 Å². The number of amides is 1. The lowest BCUT2D eigenvalue weighted by molar-refractivity contribution is -0.132. The van der Waals surface area contributed by atoms with Crippen LogP contribution in [0.15, 0.2) is 28.8 Å². The number of hydrogen-bond donors (Lipinski definition) is 2. The zero-order valence-corrected chi connectivity index (χ0v) is 22.4. The Bertz CT molecular complexity index is 1240. The summed E-state index contributed by atoms with van der Waals surface area (Å²) < 4.78 is 11.3. The van der Waals surface area contributed by atoms with E-state index in [1.807, 2.05) is 45.0 Å². The summed E-state index contributed by atoms with van der Waals surface area (Å²) in [5, 5.41) is 17.1. The molecule has 2 atom stereocenters. The third-order valence-corrected chi connectivity index (χ3v) is 6.64. The third kappa shape index (κ3) is 5.75. The lowest BCUT2D eigenvalue weighted by atomic mass is 10.0. The van der Waals surface area contributed by atoms with Gasteiger partial charge in [0.1, 0.15) is 30.0 Å². The monoisotopic (exact) mass is 508 g/mol. The number of aryl methyl sites for hydroxylation is 2. The van der Waals surface area contributed by atoms with E-state index >= 15 is 0 Å². The summed E-state index contributed by atoms with van der Waals surface area (Å²) in [5.74, 6) is 2.70. The van der Waals surface area contributed by atoms with Crippen molar-refractivity contribution in [3.8, 4) is 28.4 Å². The molecule has 1 unspecified atom stereocenters. The molecule has 4 rings (SSSR count). The normalized spacial score (nSPS) is 16.2. The van der Waals surface area contributed by atoms with Crippen LogP contribution in [-0.4, -0.2) is 84.5 Å². The minimum atomic E-state index is -0.616. The van der Waals surface area contributed by atoms with Gasteiger partial charge in [-0.05, 0) is 46.4 Å². The first kappa shape index (κ1) is 26.6. The Labute approximate surface area is 217 Å². The molecule has 0 radical (unpaired) electrons. The Morgan fingerprint density at radius 2 is 2.08 bits per heavy atom. The molecule has 0 saturated carbocycles. The molecule has 1 aliphatic heterocycles. The summed E-state index contributed by atoms with van der Waals surface area (Å²) in [6, 6.07) is 7.54. The highest BCUT2D eigenvalue weighted by molar-refractivity contribution is 5.80. The fourth-order valence-electron chi connectivity index (χ4n) is 4.74. The fraction of sp³-hybridized carbons (Fsp3) is 0.481. The molecule has 0 bridgehead atoms. The minimum absolute atomic E-state index is 0.0731. The first-order valence-electron chi connectivity index (χ1n) is 12.5. The second-order valence-electron chi connectivity index (χ2n) is 9.76. The van der Waals surface area contributed by atoms with E-state index in [9.17, 15) is 9.90 Å². The number of aliphatic hydroxyl groups excluding tert-OH is 1. The molecule has 2 aromatic heterocycles. The van der Waals surface area contributed by atoms with Crippen molar-refractivity contribution in [2.75, 3.05) is 52.3 Å². The van der Waals surface area contributed by atoms with Crippen LogP contribution in [0.4, 0.5) is 5.82 Å². The smallest absolute Gasteiger partial charge is 0.227 e. The molecule has 3 heterocycles. The highest BCUT2D eigenvalue weighted by Crippen LogP contribution is 2.36. The Balaban J connectivity index is 1.74. The van der Waals surface area contributed by atoms with Crippen molar-refractivity contribution in [3.05, 3.63) is 41.3 Å². The van der Waals surface area contributed by atoms with Crippen molar-refractivity contribution >= 4 is 11.7 Å². The van der Waals surface area contributed by atoms with E-state index in [1.165, 1.54) is 0 Å². The van der Waals surface area contributed by atoms with Crippen LogP contribution >= 0.6 is 0 Å². The maximum absolute atomic E-state index is 12.6. The van der Waals surface area contributed by atoms with E-state index in [-0.39, 0.29) is 18.4 Å². The molecule has 198 valence electrons. The van der Waals surface area contributed by atoms with Crippen LogP contribution in [0.5, 0.6) is 5.75 Å². The largest absolute Gasteiger partial charge is 0.491 e. The van der Waals surface area contributed by atoms with Gasteiger partial charge in [-0.2, -0.15) is 0 Å². The van der Waals surface area contributed by atoms with Crippen LogP contribution in [0.3, 0.4) is 0 Å². The lowest BCUT2D eigenvalue weighted by Crippen LogP contribution is -2.32. The fourth-order valence-corrected chi connectivity index (χ4v) is 4.74. The van der Waals surface area contributed by atoms with Crippen LogP contribution in [-0.2, 0) is 4.79 Å². The highest BCUT2D eigenvalue weighted by atomic mass is 16.5. The lowest BCUT2D eigenvalue weighted by Gasteiger charge is -2.23. The van der Waals surface area contributed by atoms with Gasteiger partial charge in [0.2, 0.25) is 5.91 Å². The predicted octanol–water partition coefficient (Wildman–Crippen LogP) is 2.60. The van der Waals surface area contributed by atoms with Crippen LogP contribution < -0.4 is 15.0 Å². The molecule has 1 saturated heterocycles. The van der Waals surface area contributed by atoms with Gasteiger partial charge in [-0.15, -0.1) is 0 Å². The summed E-state index contributed by atoms with van der Waals surface area (Å²) in [6.07, 6.45) is 0.157. The number of carbonyl (C=O) groups excluding carboxylic acids is 1. The van der Waals surface area contributed by atoms with Gasteiger partial charge < -0.3 is 29.5 Å². The number of aliphatic hydroxyl groups is 1. The molecular weight excluding hydrogens is 472 g/mol. The summed E-state index contributed by atoms with van der Waals surface area (Å²) >= 11 is 0. The molecule has 1 aromatic carbocycles. The van der Waals surface area contributed by atoms with E-state index < -0.39 is 6.10 Å². The zero-order valence-electron chi connectivity index (χ0n) is 22.4. The summed E-state index contributed by atoms with van der Waals surface area (Å²) in [6.45, 7) is 7.73. The van der Waals surface area contributed by atoms with Crippen LogP contribution in [0.2, 0.25) is 0 Å². The predicted molar refractivity (Wildman–Crippen MR) is 142 cm³/mol. The maximum atomic E-state index is 12.6. The van der Waals surface area contributed by atoms with Crippen molar-refractivity contribution < 1.29 is 19.2 Å². The van der Waals surface area contributed by atoms with Crippen LogP contribution in [0.25, 0.3) is 22.6 Å². The molecule has 3 aromatic rings. The van der Waals surface area contributed by atoms with Gasteiger partial charge in [0.15, 0.2) is 5.82 Å². The highest BCUT2D eigenvalue weighted by Gasteiger charge is 2.32. The van der Waals surface area contributed by atoms with Crippen molar-refractivity contribution in [3.63, 3.8) is 0 Å². The molecule has 1 fully saturated rings. The average molecular weight is 509 g/mol. The van der Waals surface area contributed by atoms with Gasteiger partial charge in [0, 0.05) is 44.9 Å². The number of rotatable bonds is 9. The van der Waals surface area contributed by atoms with E-state index in [4.69, 9.17) is 19.2 Å². The van der Waals surface area contributed by atoms with Crippen LogP contribution in [0, 0.1) is 26.7 Å². The molecule has 1 aliphatic rings. The number of carbonyl (C=O) groups is 1. The van der Waals surface area contributed by atoms with Gasteiger partial charge in [-0.3, -0.25) is 4.79 Å². The zero-order chi connectivity index (χ0) is 26.7. The minimum Gasteiger partial charge on any atom is -0.491 e. The SMILES string of the molecule is CNCC(O)COc1cccc(-c2nc(-c3c(C)noc3C)c(C)c(N3CC[C@H](C(=O)N(C)C)C3)n2)c1. The molecule has 10 nitrogen and oxygen atoms in total. The number of nitrogens with one attached hydrogen (secondary N) is 1. The quantitative estimate of drug-likeness (QED) is 0.450. The average Bonchev–Trinajstić information content (AvgIpc) is 3.49. The van der Waals surface area contributed by atoms with Gasteiger partial charge in [-0.25, -0.2) is 9.97 Å². The third-order valence-electron chi connectivity index (χ3n) is 6.64. The summed E-state index contributed by atoms with van der Waals surface area (Å²) in [7, 11) is 5.37. The Hall–Kier alpha value is -3.50. The standard InChI is InChI=1S/C27H36N6O4/c1-16-24(23-17(2)31-37-18(23)3)29-25(19-8-7-9-22(12-19)36-15-21(34)13-28-4)30-26(16)33-11-10-20(14-33)27(35)32(5)6/h7-9,12,20-21,28,34H,10-11,13-15H2,1-6H3/t20-,21?/m0/s1. The Kier molecular flexibility index (Phi) is 8.09.